The Morgan fingerprint density at radius 3 is 2.58 bits per heavy atom. The fourth-order valence-electron chi connectivity index (χ4n) is 3.47. The molecule has 0 spiro atoms. The van der Waals surface area contributed by atoms with Crippen LogP contribution in [0.2, 0.25) is 0 Å². The van der Waals surface area contributed by atoms with Crippen molar-refractivity contribution in [1.82, 2.24) is 4.90 Å². The number of benzene rings is 2. The van der Waals surface area contributed by atoms with E-state index in [2.05, 4.69) is 6.07 Å². The molecule has 1 N–H and O–H groups in total. The van der Waals surface area contributed by atoms with Gasteiger partial charge in [-0.3, -0.25) is 4.79 Å². The van der Waals surface area contributed by atoms with Gasteiger partial charge in [0.05, 0.1) is 12.7 Å². The van der Waals surface area contributed by atoms with E-state index >= 15 is 0 Å². The smallest absolute Gasteiger partial charge is 0.335 e. The van der Waals surface area contributed by atoms with E-state index in [0.717, 1.165) is 36.4 Å². The lowest BCUT2D eigenvalue weighted by Gasteiger charge is -2.18. The first-order valence-corrected chi connectivity index (χ1v) is 8.81. The molecule has 2 aromatic rings. The fraction of sp³-hybridized carbons (Fsp3) is 0.333. The normalized spacial score (nSPS) is 16.5. The molecular formula is C21H23NO4. The summed E-state index contributed by atoms with van der Waals surface area (Å²) in [5.74, 6) is 0.395. The van der Waals surface area contributed by atoms with Crippen LogP contribution in [-0.2, 0) is 11.2 Å². The van der Waals surface area contributed by atoms with Crippen molar-refractivity contribution in [3.8, 4) is 5.75 Å². The second-order valence-corrected chi connectivity index (χ2v) is 6.57. The first-order valence-electron chi connectivity index (χ1n) is 8.81. The molecule has 0 aromatic heterocycles. The number of para-hydroxylation sites is 1. The van der Waals surface area contributed by atoms with Crippen molar-refractivity contribution in [2.45, 2.75) is 25.2 Å². The van der Waals surface area contributed by atoms with Crippen molar-refractivity contribution in [3.63, 3.8) is 0 Å². The number of rotatable bonds is 6. The van der Waals surface area contributed by atoms with Crippen molar-refractivity contribution < 1.29 is 19.4 Å². The molecular weight excluding hydrogens is 330 g/mol. The topological polar surface area (TPSA) is 66.8 Å². The first kappa shape index (κ1) is 18.0. The van der Waals surface area contributed by atoms with Gasteiger partial charge >= 0.3 is 5.97 Å². The minimum absolute atomic E-state index is 0.143. The Labute approximate surface area is 153 Å². The van der Waals surface area contributed by atoms with Crippen LogP contribution in [0.25, 0.3) is 0 Å². The summed E-state index contributed by atoms with van der Waals surface area (Å²) in [6, 6.07) is 14.7. The average molecular weight is 353 g/mol. The van der Waals surface area contributed by atoms with Crippen molar-refractivity contribution in [2.24, 2.45) is 0 Å². The monoisotopic (exact) mass is 353 g/mol. The Morgan fingerprint density at radius 2 is 1.88 bits per heavy atom. The highest BCUT2D eigenvalue weighted by molar-refractivity contribution is 5.87. The molecule has 3 rings (SSSR count). The Hall–Kier alpha value is -2.82. The largest absolute Gasteiger partial charge is 0.496 e. The number of likely N-dealkylation sites (tertiary alicyclic amines) is 1. The molecule has 0 radical (unpaired) electrons. The molecule has 1 aliphatic heterocycles. The Morgan fingerprint density at radius 1 is 1.15 bits per heavy atom. The maximum absolute atomic E-state index is 12.5. The van der Waals surface area contributed by atoms with E-state index in [1.807, 2.05) is 23.1 Å². The van der Waals surface area contributed by atoms with Gasteiger partial charge in [-0.1, -0.05) is 30.3 Å². The van der Waals surface area contributed by atoms with Gasteiger partial charge in [-0.2, -0.15) is 0 Å². The number of carboxylic acids is 1. The molecule has 1 heterocycles. The molecule has 1 fully saturated rings. The van der Waals surface area contributed by atoms with E-state index in [4.69, 9.17) is 9.84 Å². The highest BCUT2D eigenvalue weighted by Crippen LogP contribution is 2.33. The minimum atomic E-state index is -0.938. The summed E-state index contributed by atoms with van der Waals surface area (Å²) in [4.78, 5) is 25.3. The molecule has 136 valence electrons. The van der Waals surface area contributed by atoms with Crippen LogP contribution in [0.3, 0.4) is 0 Å². The van der Waals surface area contributed by atoms with E-state index in [0.29, 0.717) is 18.8 Å². The third kappa shape index (κ3) is 4.04. The van der Waals surface area contributed by atoms with Crippen LogP contribution in [-0.4, -0.2) is 42.1 Å². The zero-order chi connectivity index (χ0) is 18.5. The van der Waals surface area contributed by atoms with E-state index in [1.54, 1.807) is 31.4 Å². The van der Waals surface area contributed by atoms with Gasteiger partial charge in [0.25, 0.3) is 0 Å². The number of ether oxygens (including phenoxy) is 1. The molecule has 1 amide bonds. The van der Waals surface area contributed by atoms with Crippen molar-refractivity contribution in [3.05, 3.63) is 65.2 Å². The standard InChI is InChI=1S/C21H23NO4/c1-26-19-5-3-2-4-18(19)17-12-13-22(14-17)20(23)11-8-15-6-9-16(10-7-15)21(24)25/h2-7,9-10,17H,8,11-14H2,1H3,(H,24,25)/t17-/m1/s1. The lowest BCUT2D eigenvalue weighted by molar-refractivity contribution is -0.130. The van der Waals surface area contributed by atoms with E-state index in [9.17, 15) is 9.59 Å². The summed E-state index contributed by atoms with van der Waals surface area (Å²) in [5, 5.41) is 8.92. The molecule has 0 aliphatic carbocycles. The average Bonchev–Trinajstić information content (AvgIpc) is 3.16. The van der Waals surface area contributed by atoms with Crippen molar-refractivity contribution >= 4 is 11.9 Å². The number of methoxy groups -OCH3 is 1. The third-order valence-electron chi connectivity index (χ3n) is 4.95. The maximum Gasteiger partial charge on any atom is 0.335 e. The maximum atomic E-state index is 12.5. The highest BCUT2D eigenvalue weighted by atomic mass is 16.5. The van der Waals surface area contributed by atoms with Crippen molar-refractivity contribution in [1.29, 1.82) is 0 Å². The first-order chi connectivity index (χ1) is 12.6. The molecule has 0 bridgehead atoms. The Balaban J connectivity index is 1.55. The molecule has 26 heavy (non-hydrogen) atoms. The van der Waals surface area contributed by atoms with Crippen LogP contribution in [0, 0.1) is 0 Å². The number of amides is 1. The molecule has 5 nitrogen and oxygen atoms in total. The molecule has 1 saturated heterocycles. The molecule has 2 aromatic carbocycles. The van der Waals surface area contributed by atoms with E-state index in [1.165, 1.54) is 0 Å². The van der Waals surface area contributed by atoms with E-state index in [-0.39, 0.29) is 11.5 Å². The summed E-state index contributed by atoms with van der Waals surface area (Å²) in [6.07, 6.45) is 2.00. The lowest BCUT2D eigenvalue weighted by atomic mass is 9.97. The number of carboxylic acid groups (broad SMARTS) is 1. The van der Waals surface area contributed by atoms with E-state index < -0.39 is 5.97 Å². The minimum Gasteiger partial charge on any atom is -0.496 e. The van der Waals surface area contributed by atoms with Gasteiger partial charge < -0.3 is 14.7 Å². The number of hydrogen-bond donors (Lipinski definition) is 1. The zero-order valence-electron chi connectivity index (χ0n) is 14.9. The predicted octanol–water partition coefficient (Wildman–Crippen LogP) is 3.34. The molecule has 0 unspecified atom stereocenters. The van der Waals surface area contributed by atoms with Crippen LogP contribution < -0.4 is 4.74 Å². The van der Waals surface area contributed by atoms with Gasteiger partial charge in [-0.05, 0) is 42.2 Å². The van der Waals surface area contributed by atoms with Gasteiger partial charge in [-0.25, -0.2) is 4.79 Å². The number of nitrogens with zero attached hydrogens (tertiary/aromatic N) is 1. The number of aryl methyl sites for hydroxylation is 1. The number of carbonyl (C=O) groups excluding carboxylic acids is 1. The quantitative estimate of drug-likeness (QED) is 0.865. The SMILES string of the molecule is COc1ccccc1[C@@H]1CCN(C(=O)CCc2ccc(C(=O)O)cc2)C1. The Kier molecular flexibility index (Phi) is 5.56. The molecule has 1 aliphatic rings. The van der Waals surface area contributed by atoms with Gasteiger partial charge in [0.1, 0.15) is 5.75 Å². The Bertz CT molecular complexity index is 785. The fourth-order valence-corrected chi connectivity index (χ4v) is 3.47. The van der Waals surface area contributed by atoms with Gasteiger partial charge in [0.2, 0.25) is 5.91 Å². The van der Waals surface area contributed by atoms with Crippen LogP contribution in [0.5, 0.6) is 5.75 Å². The van der Waals surface area contributed by atoms with Gasteiger partial charge in [-0.15, -0.1) is 0 Å². The highest BCUT2D eigenvalue weighted by Gasteiger charge is 2.28. The van der Waals surface area contributed by atoms with Gasteiger partial charge in [0.15, 0.2) is 0 Å². The zero-order valence-corrected chi connectivity index (χ0v) is 14.9. The van der Waals surface area contributed by atoms with Gasteiger partial charge in [0, 0.05) is 25.4 Å². The predicted molar refractivity (Wildman–Crippen MR) is 98.7 cm³/mol. The van der Waals surface area contributed by atoms with Crippen LogP contribution in [0.4, 0.5) is 0 Å². The summed E-state index contributed by atoms with van der Waals surface area (Å²) in [7, 11) is 1.67. The molecule has 1 atom stereocenters. The number of carbonyl (C=O) groups is 2. The van der Waals surface area contributed by atoms with Crippen LogP contribution in [0.15, 0.2) is 48.5 Å². The summed E-state index contributed by atoms with van der Waals surface area (Å²) in [6.45, 7) is 1.48. The lowest BCUT2D eigenvalue weighted by Crippen LogP contribution is -2.28. The second kappa shape index (κ2) is 8.04. The number of hydrogen-bond acceptors (Lipinski definition) is 3. The summed E-state index contributed by atoms with van der Waals surface area (Å²) in [5.41, 5.74) is 2.40. The van der Waals surface area contributed by atoms with Crippen LogP contribution in [0.1, 0.15) is 40.2 Å². The van der Waals surface area contributed by atoms with Crippen LogP contribution >= 0.6 is 0 Å². The van der Waals surface area contributed by atoms with Crippen molar-refractivity contribution in [2.75, 3.05) is 20.2 Å². The molecule has 5 heteroatoms. The number of aromatic carboxylic acids is 1. The molecule has 0 saturated carbocycles. The third-order valence-corrected chi connectivity index (χ3v) is 4.95. The summed E-state index contributed by atoms with van der Waals surface area (Å²) >= 11 is 0. The summed E-state index contributed by atoms with van der Waals surface area (Å²) < 4.78 is 5.44. The second-order valence-electron chi connectivity index (χ2n) is 6.57.